The van der Waals surface area contributed by atoms with Crippen LogP contribution in [0.4, 0.5) is 4.39 Å². The van der Waals surface area contributed by atoms with E-state index in [-0.39, 0.29) is 18.2 Å². The predicted molar refractivity (Wildman–Crippen MR) is 89.5 cm³/mol. The maximum absolute atomic E-state index is 12.7. The molecule has 2 rings (SSSR count). The Kier molecular flexibility index (Phi) is 7.05. The van der Waals surface area contributed by atoms with E-state index in [0.717, 1.165) is 19.3 Å². The third kappa shape index (κ3) is 7.14. The lowest BCUT2D eigenvalue weighted by Crippen LogP contribution is -2.28. The van der Waals surface area contributed by atoms with Crippen LogP contribution in [0.2, 0.25) is 0 Å². The Balaban J connectivity index is 1.61. The Labute approximate surface area is 137 Å². The molecule has 1 N–H and O–H groups in total. The van der Waals surface area contributed by atoms with Crippen LogP contribution >= 0.6 is 0 Å². The van der Waals surface area contributed by atoms with Crippen molar-refractivity contribution in [1.29, 1.82) is 0 Å². The lowest BCUT2D eigenvalue weighted by molar-refractivity contribution is 0.317. The number of hydrogen-bond acceptors (Lipinski definition) is 3. The summed E-state index contributed by atoms with van der Waals surface area (Å²) in [6.07, 6.45) is 8.08. The SMILES string of the molecule is O=S(=O)(CCCOc1ccc(F)cc1)NCCC1=CCCCC1. The maximum atomic E-state index is 12.7. The molecular weight excluding hydrogens is 317 g/mol. The molecular formula is C17H24FNO3S. The molecule has 0 bridgehead atoms. The highest BCUT2D eigenvalue weighted by Crippen LogP contribution is 2.19. The fraction of sp³-hybridized carbons (Fsp3) is 0.529. The van der Waals surface area contributed by atoms with Crippen LogP contribution < -0.4 is 9.46 Å². The van der Waals surface area contributed by atoms with E-state index in [1.165, 1.54) is 42.7 Å². The van der Waals surface area contributed by atoms with Crippen molar-refractivity contribution >= 4 is 10.0 Å². The number of ether oxygens (including phenoxy) is 1. The normalized spacial score (nSPS) is 15.3. The molecule has 1 aromatic carbocycles. The fourth-order valence-corrected chi connectivity index (χ4v) is 3.60. The molecule has 0 radical (unpaired) electrons. The molecule has 6 heteroatoms. The van der Waals surface area contributed by atoms with E-state index in [2.05, 4.69) is 10.8 Å². The van der Waals surface area contributed by atoms with Gasteiger partial charge in [0.2, 0.25) is 10.0 Å². The van der Waals surface area contributed by atoms with E-state index in [9.17, 15) is 12.8 Å². The summed E-state index contributed by atoms with van der Waals surface area (Å²) >= 11 is 0. The average Bonchev–Trinajstić information content (AvgIpc) is 2.54. The number of nitrogens with one attached hydrogen (secondary N) is 1. The fourth-order valence-electron chi connectivity index (χ4n) is 2.54. The van der Waals surface area contributed by atoms with Crippen molar-refractivity contribution in [2.75, 3.05) is 18.9 Å². The van der Waals surface area contributed by atoms with Gasteiger partial charge in [-0.25, -0.2) is 17.5 Å². The van der Waals surface area contributed by atoms with Crippen LogP contribution in [0, 0.1) is 5.82 Å². The zero-order valence-electron chi connectivity index (χ0n) is 13.3. The minimum absolute atomic E-state index is 0.0350. The van der Waals surface area contributed by atoms with Crippen LogP contribution in [-0.4, -0.2) is 27.3 Å². The van der Waals surface area contributed by atoms with Gasteiger partial charge >= 0.3 is 0 Å². The van der Waals surface area contributed by atoms with Crippen LogP contribution in [0.1, 0.15) is 38.5 Å². The number of allylic oxidation sites excluding steroid dienone is 1. The molecule has 4 nitrogen and oxygen atoms in total. The van der Waals surface area contributed by atoms with Crippen molar-refractivity contribution in [1.82, 2.24) is 4.72 Å². The summed E-state index contributed by atoms with van der Waals surface area (Å²) < 4.78 is 44.5. The lowest BCUT2D eigenvalue weighted by atomic mass is 9.97. The smallest absolute Gasteiger partial charge is 0.211 e. The first-order valence-electron chi connectivity index (χ1n) is 8.09. The lowest BCUT2D eigenvalue weighted by Gasteiger charge is -2.13. The number of benzene rings is 1. The third-order valence-corrected chi connectivity index (χ3v) is 5.26. The Morgan fingerprint density at radius 1 is 1.17 bits per heavy atom. The van der Waals surface area contributed by atoms with Gasteiger partial charge < -0.3 is 4.74 Å². The summed E-state index contributed by atoms with van der Waals surface area (Å²) in [5, 5.41) is 0. The molecule has 0 atom stereocenters. The minimum Gasteiger partial charge on any atom is -0.494 e. The van der Waals surface area contributed by atoms with Crippen LogP contribution in [-0.2, 0) is 10.0 Å². The highest BCUT2D eigenvalue weighted by atomic mass is 32.2. The molecule has 0 saturated carbocycles. The highest BCUT2D eigenvalue weighted by Gasteiger charge is 2.10. The van der Waals surface area contributed by atoms with Crippen molar-refractivity contribution in [3.8, 4) is 5.75 Å². The number of halogens is 1. The molecule has 0 heterocycles. The van der Waals surface area contributed by atoms with Gasteiger partial charge in [-0.2, -0.15) is 0 Å². The largest absolute Gasteiger partial charge is 0.494 e. The molecule has 1 aliphatic rings. The van der Waals surface area contributed by atoms with Gasteiger partial charge in [-0.15, -0.1) is 0 Å². The van der Waals surface area contributed by atoms with E-state index < -0.39 is 10.0 Å². The Hall–Kier alpha value is -1.40. The predicted octanol–water partition coefficient (Wildman–Crippen LogP) is 3.40. The van der Waals surface area contributed by atoms with Gasteiger partial charge in [-0.05, 0) is 62.8 Å². The summed E-state index contributed by atoms with van der Waals surface area (Å²) in [6.45, 7) is 0.755. The molecule has 1 aliphatic carbocycles. The van der Waals surface area contributed by atoms with E-state index in [0.29, 0.717) is 18.7 Å². The zero-order valence-corrected chi connectivity index (χ0v) is 14.1. The second kappa shape index (κ2) is 9.03. The topological polar surface area (TPSA) is 55.4 Å². The quantitative estimate of drug-likeness (QED) is 0.553. The van der Waals surface area contributed by atoms with E-state index in [1.54, 1.807) is 0 Å². The highest BCUT2D eigenvalue weighted by molar-refractivity contribution is 7.89. The molecule has 128 valence electrons. The molecule has 23 heavy (non-hydrogen) atoms. The average molecular weight is 341 g/mol. The summed E-state index contributed by atoms with van der Waals surface area (Å²) in [4.78, 5) is 0. The van der Waals surface area contributed by atoms with Crippen LogP contribution in [0.25, 0.3) is 0 Å². The molecule has 0 unspecified atom stereocenters. The van der Waals surface area contributed by atoms with Gasteiger partial charge in [0.05, 0.1) is 12.4 Å². The molecule has 0 aliphatic heterocycles. The molecule has 0 amide bonds. The molecule has 0 fully saturated rings. The summed E-state index contributed by atoms with van der Waals surface area (Å²) in [5.74, 6) is 0.256. The number of hydrogen-bond donors (Lipinski definition) is 1. The van der Waals surface area contributed by atoms with E-state index >= 15 is 0 Å². The van der Waals surface area contributed by atoms with Crippen LogP contribution in [0.3, 0.4) is 0 Å². The first-order valence-corrected chi connectivity index (χ1v) is 9.74. The Morgan fingerprint density at radius 3 is 2.65 bits per heavy atom. The molecule has 0 saturated heterocycles. The summed E-state index contributed by atoms with van der Waals surface area (Å²) in [7, 11) is -3.26. The monoisotopic (exact) mass is 341 g/mol. The van der Waals surface area contributed by atoms with Gasteiger partial charge in [0.25, 0.3) is 0 Å². The second-order valence-electron chi connectivity index (χ2n) is 5.73. The third-order valence-electron chi connectivity index (χ3n) is 3.79. The molecule has 1 aromatic rings. The Bertz CT molecular complexity index is 611. The van der Waals surface area contributed by atoms with Gasteiger partial charge in [0.1, 0.15) is 11.6 Å². The zero-order chi connectivity index (χ0) is 16.5. The molecule has 0 spiro atoms. The van der Waals surface area contributed by atoms with Crippen molar-refractivity contribution < 1.29 is 17.5 Å². The maximum Gasteiger partial charge on any atom is 0.211 e. The first-order chi connectivity index (χ1) is 11.1. The van der Waals surface area contributed by atoms with Gasteiger partial charge in [-0.1, -0.05) is 11.6 Å². The van der Waals surface area contributed by atoms with E-state index in [1.807, 2.05) is 0 Å². The number of sulfonamides is 1. The van der Waals surface area contributed by atoms with Crippen molar-refractivity contribution in [3.05, 3.63) is 41.7 Å². The standard InChI is InChI=1S/C17H24FNO3S/c18-16-7-9-17(10-8-16)22-13-4-14-23(20,21)19-12-11-15-5-2-1-3-6-15/h5,7-10,19H,1-4,6,11-14H2. The molecule has 0 aromatic heterocycles. The first kappa shape index (κ1) is 17.9. The second-order valence-corrected chi connectivity index (χ2v) is 7.65. The summed E-state index contributed by atoms with van der Waals surface area (Å²) in [5.41, 5.74) is 1.36. The van der Waals surface area contributed by atoms with Crippen molar-refractivity contribution in [2.24, 2.45) is 0 Å². The van der Waals surface area contributed by atoms with Crippen molar-refractivity contribution in [2.45, 2.75) is 38.5 Å². The number of rotatable bonds is 9. The van der Waals surface area contributed by atoms with Gasteiger partial charge in [0.15, 0.2) is 0 Å². The van der Waals surface area contributed by atoms with Crippen molar-refractivity contribution in [3.63, 3.8) is 0 Å². The van der Waals surface area contributed by atoms with Crippen LogP contribution in [0.5, 0.6) is 5.75 Å². The van der Waals surface area contributed by atoms with Crippen LogP contribution in [0.15, 0.2) is 35.9 Å². The van der Waals surface area contributed by atoms with E-state index in [4.69, 9.17) is 4.74 Å². The van der Waals surface area contributed by atoms with Gasteiger partial charge in [0, 0.05) is 6.54 Å². The minimum atomic E-state index is -3.26. The summed E-state index contributed by atoms with van der Waals surface area (Å²) in [6, 6.07) is 5.68. The van der Waals surface area contributed by atoms with Gasteiger partial charge in [-0.3, -0.25) is 0 Å². The Morgan fingerprint density at radius 2 is 1.96 bits per heavy atom.